The van der Waals surface area contributed by atoms with Crippen LogP contribution in [0.25, 0.3) is 10.9 Å². The molecule has 1 aromatic heterocycles. The molecule has 4 rings (SSSR count). The van der Waals surface area contributed by atoms with E-state index in [0.717, 1.165) is 5.92 Å². The molecular weight excluding hydrogens is 317 g/mol. The van der Waals surface area contributed by atoms with Gasteiger partial charge in [0.1, 0.15) is 5.82 Å². The Hall–Kier alpha value is -0.921. The molecule has 1 heterocycles. The van der Waals surface area contributed by atoms with E-state index in [1.165, 1.54) is 6.07 Å². The number of hydrogen-bond acceptors (Lipinski definition) is 1. The van der Waals surface area contributed by atoms with Gasteiger partial charge in [-0.05, 0) is 76.0 Å². The quantitative estimate of drug-likeness (QED) is 0.716. The third-order valence-electron chi connectivity index (χ3n) is 3.18. The van der Waals surface area contributed by atoms with Crippen molar-refractivity contribution in [3.63, 3.8) is 0 Å². The van der Waals surface area contributed by atoms with Crippen molar-refractivity contribution >= 4 is 10.9 Å². The van der Waals surface area contributed by atoms with Gasteiger partial charge in [0.15, 0.2) is 0 Å². The van der Waals surface area contributed by atoms with Gasteiger partial charge in [0.2, 0.25) is 0 Å². The fourth-order valence-electron chi connectivity index (χ4n) is 2.15. The van der Waals surface area contributed by atoms with E-state index >= 15 is 0 Å². The van der Waals surface area contributed by atoms with Crippen LogP contribution in [0.1, 0.15) is 5.69 Å². The monoisotopic (exact) mass is 331 g/mol. The molecule has 2 aromatic rings. The molecule has 110 valence electrons. The molecule has 1 aromatic carbocycles. The Labute approximate surface area is 143 Å². The van der Waals surface area contributed by atoms with E-state index < -0.39 is 0 Å². The van der Waals surface area contributed by atoms with E-state index in [9.17, 15) is 4.39 Å². The standard InChI is InChI=1S/C14H9FN.C5H5.Fe/c15-12-9-14(10-5-1-2-6-10)16-13-8-4-3-7-11(12)13;1-2-4-5-3-1;/h1-9H;1-5H;. The second-order valence-electron chi connectivity index (χ2n) is 4.64. The largest absolute Gasteiger partial charge is 0.252 e. The number of nitrogens with zero attached hydrogens (tertiary/aromatic N) is 1. The summed E-state index contributed by atoms with van der Waals surface area (Å²) in [7, 11) is 0. The first-order chi connectivity index (χ1) is 10.3. The number of aromatic nitrogens is 1. The molecule has 1 nitrogen and oxygen atoms in total. The van der Waals surface area contributed by atoms with E-state index in [1.807, 2.05) is 76.0 Å². The van der Waals surface area contributed by atoms with Crippen LogP contribution in [-0.2, 0) is 17.1 Å². The summed E-state index contributed by atoms with van der Waals surface area (Å²) in [6, 6.07) is 8.73. The van der Waals surface area contributed by atoms with Crippen LogP contribution in [0.15, 0.2) is 30.3 Å². The van der Waals surface area contributed by atoms with Gasteiger partial charge >= 0.3 is 0 Å². The van der Waals surface area contributed by atoms with Gasteiger partial charge < -0.3 is 0 Å². The van der Waals surface area contributed by atoms with Crippen LogP contribution in [0.2, 0.25) is 0 Å². The summed E-state index contributed by atoms with van der Waals surface area (Å²) in [6.45, 7) is 0. The van der Waals surface area contributed by atoms with Crippen LogP contribution in [0.3, 0.4) is 0 Å². The number of rotatable bonds is 1. The zero-order valence-corrected chi connectivity index (χ0v) is 12.9. The maximum absolute atomic E-state index is 13.8. The Bertz CT molecular complexity index is 581. The zero-order valence-electron chi connectivity index (χ0n) is 11.8. The summed E-state index contributed by atoms with van der Waals surface area (Å²) in [5, 5.41) is 0.567. The molecule has 0 amide bonds. The molecule has 2 aliphatic rings. The maximum atomic E-state index is 13.8. The smallest absolute Gasteiger partial charge is 0.134 e. The van der Waals surface area contributed by atoms with Crippen molar-refractivity contribution in [2.24, 2.45) is 0 Å². The molecule has 0 unspecified atom stereocenters. The number of fused-ring (bicyclic) bond motifs is 1. The first kappa shape index (κ1) is 17.4. The fourth-order valence-corrected chi connectivity index (χ4v) is 2.15. The molecule has 0 N–H and O–H groups in total. The van der Waals surface area contributed by atoms with Crippen LogP contribution in [0.5, 0.6) is 0 Å². The molecule has 2 aliphatic carbocycles. The molecular formula is C19H14FFeN. The minimum atomic E-state index is -0.221. The molecule has 0 aliphatic heterocycles. The molecule has 2 fully saturated rings. The number of benzene rings is 1. The summed E-state index contributed by atoms with van der Waals surface area (Å²) >= 11 is 0. The number of para-hydroxylation sites is 1. The van der Waals surface area contributed by atoms with Gasteiger partial charge in [0.25, 0.3) is 0 Å². The van der Waals surface area contributed by atoms with Gasteiger partial charge in [0, 0.05) is 28.4 Å². The molecule has 3 heteroatoms. The second kappa shape index (κ2) is 8.64. The molecule has 0 bridgehead atoms. The zero-order chi connectivity index (χ0) is 14.5. The van der Waals surface area contributed by atoms with E-state index in [-0.39, 0.29) is 22.9 Å². The first-order valence-corrected chi connectivity index (χ1v) is 6.78. The maximum Gasteiger partial charge on any atom is 0.134 e. The Morgan fingerprint density at radius 2 is 1.36 bits per heavy atom. The Balaban J connectivity index is 0.000000253. The predicted octanol–water partition coefficient (Wildman–Crippen LogP) is 4.15. The van der Waals surface area contributed by atoms with Crippen molar-refractivity contribution in [2.45, 2.75) is 0 Å². The number of hydrogen-bond donors (Lipinski definition) is 0. The van der Waals surface area contributed by atoms with Gasteiger partial charge in [-0.15, -0.1) is 0 Å². The van der Waals surface area contributed by atoms with Gasteiger partial charge in [-0.1, -0.05) is 12.1 Å². The molecule has 22 heavy (non-hydrogen) atoms. The van der Waals surface area contributed by atoms with E-state index in [4.69, 9.17) is 0 Å². The van der Waals surface area contributed by atoms with E-state index in [2.05, 4.69) is 4.98 Å². The van der Waals surface area contributed by atoms with Gasteiger partial charge in [-0.3, -0.25) is 4.98 Å². The van der Waals surface area contributed by atoms with Crippen LogP contribution in [-0.4, -0.2) is 4.98 Å². The van der Waals surface area contributed by atoms with Crippen molar-refractivity contribution < 1.29 is 21.5 Å². The van der Waals surface area contributed by atoms with Crippen molar-refractivity contribution in [2.75, 3.05) is 0 Å². The average molecular weight is 331 g/mol. The van der Waals surface area contributed by atoms with Crippen LogP contribution >= 0.6 is 0 Å². The molecule has 0 atom stereocenters. The number of pyridine rings is 1. The van der Waals surface area contributed by atoms with Gasteiger partial charge in [-0.2, -0.15) is 0 Å². The number of halogens is 1. The van der Waals surface area contributed by atoms with Crippen molar-refractivity contribution in [3.05, 3.63) is 106 Å². The van der Waals surface area contributed by atoms with Crippen molar-refractivity contribution in [1.82, 2.24) is 4.98 Å². The topological polar surface area (TPSA) is 12.9 Å². The third-order valence-corrected chi connectivity index (χ3v) is 3.18. The summed E-state index contributed by atoms with van der Waals surface area (Å²) in [6.07, 6.45) is 17.7. The summed E-state index contributed by atoms with van der Waals surface area (Å²) in [4.78, 5) is 4.44. The molecule has 10 radical (unpaired) electrons. The van der Waals surface area contributed by atoms with Crippen molar-refractivity contribution in [1.29, 1.82) is 0 Å². The fraction of sp³-hybridized carbons (Fsp3) is 0. The van der Waals surface area contributed by atoms with Crippen LogP contribution < -0.4 is 0 Å². The van der Waals surface area contributed by atoms with Crippen LogP contribution in [0.4, 0.5) is 4.39 Å². The predicted molar refractivity (Wildman–Crippen MR) is 82.7 cm³/mol. The summed E-state index contributed by atoms with van der Waals surface area (Å²) < 4.78 is 13.8. The third kappa shape index (κ3) is 4.30. The Morgan fingerprint density at radius 3 is 2.00 bits per heavy atom. The van der Waals surface area contributed by atoms with Crippen LogP contribution in [0, 0.1) is 69.5 Å². The second-order valence-corrected chi connectivity index (χ2v) is 4.64. The van der Waals surface area contributed by atoms with Gasteiger partial charge in [-0.25, -0.2) is 4.39 Å². The van der Waals surface area contributed by atoms with E-state index in [0.29, 0.717) is 16.6 Å². The SMILES string of the molecule is Fc1cc([C]2[CH][CH][CH][CH]2)nc2ccccc12.[CH]1[CH][CH][CH][CH]1.[Fe]. The summed E-state index contributed by atoms with van der Waals surface area (Å²) in [5.41, 5.74) is 1.37. The normalized spacial score (nSPS) is 17.9. The minimum absolute atomic E-state index is 0. The molecule has 0 spiro atoms. The van der Waals surface area contributed by atoms with E-state index in [1.54, 1.807) is 6.07 Å². The molecule has 0 saturated heterocycles. The Kier molecular flexibility index (Phi) is 6.85. The van der Waals surface area contributed by atoms with Crippen molar-refractivity contribution in [3.8, 4) is 0 Å². The van der Waals surface area contributed by atoms with Gasteiger partial charge in [0.05, 0.1) is 11.2 Å². The molecule has 2 saturated carbocycles. The average Bonchev–Trinajstić information content (AvgIpc) is 3.23. The Morgan fingerprint density at radius 1 is 0.773 bits per heavy atom. The summed E-state index contributed by atoms with van der Waals surface area (Å²) in [5.74, 6) is 0.728. The minimum Gasteiger partial charge on any atom is -0.252 e. The first-order valence-electron chi connectivity index (χ1n) is 6.78.